The van der Waals surface area contributed by atoms with E-state index in [1.54, 1.807) is 36.5 Å². The molecule has 0 radical (unpaired) electrons. The Bertz CT molecular complexity index is 667. The molecule has 0 aliphatic rings. The number of amides is 2. The van der Waals surface area contributed by atoms with Gasteiger partial charge in [0.05, 0.1) is 0 Å². The SMILES string of the molecule is C=CCN(CC(=O)Nc1ncc(C)s1)C(=O)c1ccccc1. The monoisotopic (exact) mass is 315 g/mol. The maximum atomic E-state index is 12.4. The van der Waals surface area contributed by atoms with Gasteiger partial charge in [0.1, 0.15) is 6.54 Å². The smallest absolute Gasteiger partial charge is 0.254 e. The standard InChI is InChI=1S/C16H17N3O2S/c1-3-9-19(15(21)13-7-5-4-6-8-13)11-14(20)18-16-17-10-12(2)22-16/h3-8,10H,1,9,11H2,2H3,(H,17,18,20). The predicted octanol–water partition coefficient (Wildman–Crippen LogP) is 2.72. The molecule has 2 amide bonds. The molecule has 5 nitrogen and oxygen atoms in total. The van der Waals surface area contributed by atoms with Gasteiger partial charge in [-0.15, -0.1) is 17.9 Å². The summed E-state index contributed by atoms with van der Waals surface area (Å²) in [6.45, 7) is 5.81. The molecule has 0 fully saturated rings. The molecule has 0 aliphatic carbocycles. The van der Waals surface area contributed by atoms with Crippen LogP contribution in [0.25, 0.3) is 0 Å². The molecule has 6 heteroatoms. The fraction of sp³-hybridized carbons (Fsp3) is 0.188. The van der Waals surface area contributed by atoms with Crippen molar-refractivity contribution >= 4 is 28.3 Å². The number of aromatic nitrogens is 1. The van der Waals surface area contributed by atoms with Gasteiger partial charge in [-0.3, -0.25) is 9.59 Å². The molecule has 114 valence electrons. The second kappa shape index (κ2) is 7.51. The number of hydrogen-bond donors (Lipinski definition) is 1. The number of anilines is 1. The van der Waals surface area contributed by atoms with E-state index in [2.05, 4.69) is 16.9 Å². The molecule has 1 N–H and O–H groups in total. The highest BCUT2D eigenvalue weighted by molar-refractivity contribution is 7.15. The second-order valence-electron chi connectivity index (χ2n) is 4.66. The fourth-order valence-electron chi connectivity index (χ4n) is 1.88. The Morgan fingerprint density at radius 1 is 1.36 bits per heavy atom. The summed E-state index contributed by atoms with van der Waals surface area (Å²) in [7, 11) is 0. The number of rotatable bonds is 6. The van der Waals surface area contributed by atoms with E-state index in [0.717, 1.165) is 4.88 Å². The summed E-state index contributed by atoms with van der Waals surface area (Å²) < 4.78 is 0. The minimum Gasteiger partial charge on any atom is -0.326 e. The van der Waals surface area contributed by atoms with Gasteiger partial charge < -0.3 is 10.2 Å². The molecule has 0 atom stereocenters. The number of thiazole rings is 1. The lowest BCUT2D eigenvalue weighted by Crippen LogP contribution is -2.38. The van der Waals surface area contributed by atoms with Crippen molar-refractivity contribution in [2.24, 2.45) is 0 Å². The molecular weight excluding hydrogens is 298 g/mol. The highest BCUT2D eigenvalue weighted by Crippen LogP contribution is 2.16. The highest BCUT2D eigenvalue weighted by Gasteiger charge is 2.18. The van der Waals surface area contributed by atoms with Gasteiger partial charge in [-0.25, -0.2) is 4.98 Å². The van der Waals surface area contributed by atoms with Gasteiger partial charge in [-0.2, -0.15) is 0 Å². The minimum atomic E-state index is -0.277. The van der Waals surface area contributed by atoms with Crippen molar-refractivity contribution in [1.82, 2.24) is 9.88 Å². The molecule has 1 aromatic carbocycles. The molecule has 2 rings (SSSR count). The molecule has 0 unspecified atom stereocenters. The molecule has 0 aliphatic heterocycles. The molecule has 0 saturated heterocycles. The van der Waals surface area contributed by atoms with Gasteiger partial charge in [0.2, 0.25) is 5.91 Å². The maximum Gasteiger partial charge on any atom is 0.254 e. The van der Waals surface area contributed by atoms with Gasteiger partial charge in [-0.1, -0.05) is 24.3 Å². The third kappa shape index (κ3) is 4.26. The summed E-state index contributed by atoms with van der Waals surface area (Å²) in [5.74, 6) is -0.480. The minimum absolute atomic E-state index is 0.0433. The van der Waals surface area contributed by atoms with Gasteiger partial charge >= 0.3 is 0 Å². The van der Waals surface area contributed by atoms with Crippen LogP contribution >= 0.6 is 11.3 Å². The third-order valence-electron chi connectivity index (χ3n) is 2.86. The van der Waals surface area contributed by atoms with Crippen molar-refractivity contribution in [3.63, 3.8) is 0 Å². The van der Waals surface area contributed by atoms with Crippen LogP contribution in [0.3, 0.4) is 0 Å². The summed E-state index contributed by atoms with van der Waals surface area (Å²) in [6, 6.07) is 8.86. The van der Waals surface area contributed by atoms with Crippen LogP contribution in [0.1, 0.15) is 15.2 Å². The summed E-state index contributed by atoms with van der Waals surface area (Å²) in [5.41, 5.74) is 0.544. The first-order valence-corrected chi connectivity index (χ1v) is 7.59. The molecule has 0 bridgehead atoms. The molecular formula is C16H17N3O2S. The topological polar surface area (TPSA) is 62.3 Å². The largest absolute Gasteiger partial charge is 0.326 e. The number of nitrogens with one attached hydrogen (secondary N) is 1. The summed E-state index contributed by atoms with van der Waals surface area (Å²) in [6.07, 6.45) is 3.29. The van der Waals surface area contributed by atoms with E-state index in [9.17, 15) is 9.59 Å². The van der Waals surface area contributed by atoms with Crippen LogP contribution < -0.4 is 5.32 Å². The molecule has 22 heavy (non-hydrogen) atoms. The number of aryl methyl sites for hydroxylation is 1. The molecule has 1 heterocycles. The van der Waals surface area contributed by atoms with E-state index in [1.807, 2.05) is 13.0 Å². The second-order valence-corrected chi connectivity index (χ2v) is 5.90. The van der Waals surface area contributed by atoms with Crippen LogP contribution in [0.5, 0.6) is 0 Å². The van der Waals surface area contributed by atoms with Crippen molar-refractivity contribution in [1.29, 1.82) is 0 Å². The Kier molecular flexibility index (Phi) is 5.43. The van der Waals surface area contributed by atoms with E-state index in [4.69, 9.17) is 0 Å². The van der Waals surface area contributed by atoms with Gasteiger partial charge in [0.25, 0.3) is 5.91 Å². The van der Waals surface area contributed by atoms with Crippen LogP contribution in [-0.4, -0.2) is 34.8 Å². The van der Waals surface area contributed by atoms with Gasteiger partial charge in [-0.05, 0) is 19.1 Å². The third-order valence-corrected chi connectivity index (χ3v) is 3.69. The summed E-state index contributed by atoms with van der Waals surface area (Å²) in [5, 5.41) is 3.23. The summed E-state index contributed by atoms with van der Waals surface area (Å²) >= 11 is 1.39. The lowest BCUT2D eigenvalue weighted by atomic mass is 10.2. The number of nitrogens with zero attached hydrogens (tertiary/aromatic N) is 2. The zero-order valence-corrected chi connectivity index (χ0v) is 13.1. The zero-order chi connectivity index (χ0) is 15.9. The Morgan fingerprint density at radius 3 is 2.68 bits per heavy atom. The van der Waals surface area contributed by atoms with E-state index in [-0.39, 0.29) is 18.4 Å². The average molecular weight is 315 g/mol. The normalized spacial score (nSPS) is 10.0. The number of carbonyl (C=O) groups is 2. The maximum absolute atomic E-state index is 12.4. The van der Waals surface area contributed by atoms with Crippen LogP contribution in [0.4, 0.5) is 5.13 Å². The van der Waals surface area contributed by atoms with Crippen molar-refractivity contribution in [2.75, 3.05) is 18.4 Å². The van der Waals surface area contributed by atoms with E-state index < -0.39 is 0 Å². The number of hydrogen-bond acceptors (Lipinski definition) is 4. The van der Waals surface area contributed by atoms with E-state index >= 15 is 0 Å². The van der Waals surface area contributed by atoms with Crippen LogP contribution in [0, 0.1) is 6.92 Å². The first kappa shape index (κ1) is 15.9. The lowest BCUT2D eigenvalue weighted by Gasteiger charge is -2.20. The van der Waals surface area contributed by atoms with E-state index in [0.29, 0.717) is 17.2 Å². The van der Waals surface area contributed by atoms with Crippen molar-refractivity contribution in [3.05, 3.63) is 59.6 Å². The van der Waals surface area contributed by atoms with Crippen molar-refractivity contribution < 1.29 is 9.59 Å². The predicted molar refractivity (Wildman–Crippen MR) is 88.0 cm³/mol. The quantitative estimate of drug-likeness (QED) is 0.834. The van der Waals surface area contributed by atoms with Crippen LogP contribution in [0.15, 0.2) is 49.2 Å². The average Bonchev–Trinajstić information content (AvgIpc) is 2.92. The van der Waals surface area contributed by atoms with Gasteiger partial charge in [0.15, 0.2) is 5.13 Å². The Balaban J connectivity index is 2.03. The summed E-state index contributed by atoms with van der Waals surface area (Å²) in [4.78, 5) is 31.0. The Hall–Kier alpha value is -2.47. The first-order chi connectivity index (χ1) is 10.6. The van der Waals surface area contributed by atoms with Crippen molar-refractivity contribution in [2.45, 2.75) is 6.92 Å². The first-order valence-electron chi connectivity index (χ1n) is 6.77. The zero-order valence-electron chi connectivity index (χ0n) is 12.3. The van der Waals surface area contributed by atoms with Crippen LogP contribution in [-0.2, 0) is 4.79 Å². The van der Waals surface area contributed by atoms with Gasteiger partial charge in [0, 0.05) is 23.2 Å². The molecule has 0 saturated carbocycles. The highest BCUT2D eigenvalue weighted by atomic mass is 32.1. The number of benzene rings is 1. The lowest BCUT2D eigenvalue weighted by molar-refractivity contribution is -0.116. The Morgan fingerprint density at radius 2 is 2.09 bits per heavy atom. The Labute approximate surface area is 133 Å². The molecule has 0 spiro atoms. The van der Waals surface area contributed by atoms with Crippen molar-refractivity contribution in [3.8, 4) is 0 Å². The van der Waals surface area contributed by atoms with Crippen LogP contribution in [0.2, 0.25) is 0 Å². The van der Waals surface area contributed by atoms with E-state index in [1.165, 1.54) is 16.2 Å². The molecule has 1 aromatic heterocycles. The number of carbonyl (C=O) groups excluding carboxylic acids is 2. The molecule has 2 aromatic rings. The fourth-order valence-corrected chi connectivity index (χ4v) is 2.56.